The monoisotopic (exact) mass is 505 g/mol. The number of aliphatic hydroxyl groups is 3. The van der Waals surface area contributed by atoms with Crippen LogP contribution in [0.25, 0.3) is 0 Å². The normalized spacial score (nSPS) is 39.8. The van der Waals surface area contributed by atoms with Gasteiger partial charge in [0.1, 0.15) is 34.1 Å². The predicted molar refractivity (Wildman–Crippen MR) is 114 cm³/mol. The van der Waals surface area contributed by atoms with Gasteiger partial charge < -0.3 is 25.0 Å². The average Bonchev–Trinajstić information content (AvgIpc) is 3.08. The number of likely N-dealkylation sites (N-methyl/N-ethyl adjacent to an activating group) is 1. The van der Waals surface area contributed by atoms with Crippen molar-refractivity contribution in [1.82, 2.24) is 4.90 Å². The summed E-state index contributed by atoms with van der Waals surface area (Å²) in [6, 6.07) is 2.74. The van der Waals surface area contributed by atoms with Crippen molar-refractivity contribution in [1.29, 1.82) is 0 Å². The number of benzene rings is 1. The Bertz CT molecular complexity index is 1230. The second kappa shape index (κ2) is 6.88. The molecule has 2 fully saturated rings. The molecular weight excluding hydrogens is 478 g/mol. The Morgan fingerprint density at radius 2 is 1.94 bits per heavy atom. The van der Waals surface area contributed by atoms with Crippen LogP contribution in [0.1, 0.15) is 29.5 Å². The van der Waals surface area contributed by atoms with Crippen LogP contribution in [0, 0.1) is 0 Å². The third kappa shape index (κ3) is 2.82. The van der Waals surface area contributed by atoms with Gasteiger partial charge in [-0.25, -0.2) is 0 Å². The van der Waals surface area contributed by atoms with Crippen LogP contribution in [0.4, 0.5) is 0 Å². The van der Waals surface area contributed by atoms with E-state index in [1.165, 1.54) is 0 Å². The largest absolute Gasteiger partial charge is 0.486 e. The van der Waals surface area contributed by atoms with Crippen molar-refractivity contribution in [3.05, 3.63) is 28.8 Å². The summed E-state index contributed by atoms with van der Waals surface area (Å²) < 4.78 is 70.8. The number of rotatable bonds is 5. The maximum Gasteiger partial charge on any atom is 0.273 e. The number of aliphatic hydroxyl groups excluding tert-OH is 1. The molecule has 2 heterocycles. The van der Waals surface area contributed by atoms with E-state index in [4.69, 9.17) is 8.92 Å². The average molecular weight is 506 g/mol. The van der Waals surface area contributed by atoms with E-state index in [0.717, 1.165) is 12.7 Å². The zero-order valence-electron chi connectivity index (χ0n) is 18.1. The molecular formula is C20H27NO10S2. The van der Waals surface area contributed by atoms with Gasteiger partial charge in [-0.05, 0) is 32.0 Å². The molecule has 4 N–H and O–H groups in total. The molecule has 5 rings (SSSR count). The van der Waals surface area contributed by atoms with Gasteiger partial charge >= 0.3 is 0 Å². The van der Waals surface area contributed by atoms with Crippen LogP contribution in [0.2, 0.25) is 0 Å². The minimum atomic E-state index is -4.78. The molecule has 0 radical (unpaired) electrons. The highest BCUT2D eigenvalue weighted by Gasteiger charge is 2.80. The molecule has 1 aromatic rings. The fourth-order valence-electron chi connectivity index (χ4n) is 7.01. The third-order valence-corrected chi connectivity index (χ3v) is 10.7. The van der Waals surface area contributed by atoms with Crippen molar-refractivity contribution in [3.8, 4) is 5.75 Å². The molecule has 0 aromatic heterocycles. The van der Waals surface area contributed by atoms with E-state index >= 15 is 0 Å². The van der Waals surface area contributed by atoms with Gasteiger partial charge in [0.25, 0.3) is 20.2 Å². The molecule has 2 aliphatic heterocycles. The van der Waals surface area contributed by atoms with Gasteiger partial charge in [-0.15, -0.1) is 0 Å². The van der Waals surface area contributed by atoms with Gasteiger partial charge in [0.2, 0.25) is 0 Å². The molecule has 33 heavy (non-hydrogen) atoms. The Morgan fingerprint density at radius 3 is 2.55 bits per heavy atom. The maximum atomic E-state index is 13.2. The summed E-state index contributed by atoms with van der Waals surface area (Å²) in [6.07, 6.45) is -1.67. The Balaban J connectivity index is 1.88. The second-order valence-electron chi connectivity index (χ2n) is 9.67. The zero-order chi connectivity index (χ0) is 24.2. The molecule has 1 aromatic carbocycles. The number of likely N-dealkylation sites (tertiary alicyclic amines) is 1. The lowest BCUT2D eigenvalue weighted by Crippen LogP contribution is -2.84. The maximum absolute atomic E-state index is 13.2. The number of hydrogen-bond donors (Lipinski definition) is 4. The first-order valence-electron chi connectivity index (χ1n) is 10.6. The van der Waals surface area contributed by atoms with Gasteiger partial charge in [-0.1, -0.05) is 12.1 Å². The molecule has 1 spiro atoms. The molecule has 184 valence electrons. The number of hydrogen-bond acceptors (Lipinski definition) is 10. The van der Waals surface area contributed by atoms with Crippen LogP contribution < -0.4 is 4.74 Å². The summed E-state index contributed by atoms with van der Waals surface area (Å²) >= 11 is 0. The number of piperidine rings is 1. The van der Waals surface area contributed by atoms with Crippen LogP contribution in [-0.2, 0) is 42.9 Å². The quantitative estimate of drug-likeness (QED) is 0.272. The molecule has 2 bridgehead atoms. The number of nitrogens with zero attached hydrogens (tertiary/aromatic N) is 1. The zero-order valence-corrected chi connectivity index (χ0v) is 19.8. The van der Waals surface area contributed by atoms with Crippen molar-refractivity contribution in [3.63, 3.8) is 0 Å². The number of ether oxygens (including phenoxy) is 1. The van der Waals surface area contributed by atoms with Crippen molar-refractivity contribution in [2.75, 3.05) is 26.5 Å². The van der Waals surface area contributed by atoms with Crippen LogP contribution in [0.3, 0.4) is 0 Å². The first kappa shape index (κ1) is 23.4. The third-order valence-electron chi connectivity index (χ3n) is 8.18. The second-order valence-corrected chi connectivity index (χ2v) is 13.0. The SMILES string of the molecule is COS(=O)(=O)C1CC(O)(CS(=O)(=O)O)[C@@H]2Oc3c(CO)ccc4c3C23CCN(C)C(C4)[C@]13O. The minimum absolute atomic E-state index is 0.152. The highest BCUT2D eigenvalue weighted by molar-refractivity contribution is 7.87. The fourth-order valence-corrected chi connectivity index (χ4v) is 9.44. The molecule has 4 unspecified atom stereocenters. The van der Waals surface area contributed by atoms with Crippen molar-refractivity contribution < 1.29 is 45.6 Å². The lowest BCUT2D eigenvalue weighted by molar-refractivity contribution is -0.225. The van der Waals surface area contributed by atoms with E-state index in [2.05, 4.69) is 0 Å². The first-order valence-corrected chi connectivity index (χ1v) is 13.7. The molecule has 1 saturated carbocycles. The van der Waals surface area contributed by atoms with Gasteiger partial charge in [0.15, 0.2) is 0 Å². The first-order chi connectivity index (χ1) is 15.2. The van der Waals surface area contributed by atoms with Crippen LogP contribution in [0.15, 0.2) is 12.1 Å². The fraction of sp³-hybridized carbons (Fsp3) is 0.700. The van der Waals surface area contributed by atoms with E-state index in [1.54, 1.807) is 19.2 Å². The molecule has 13 heteroatoms. The lowest BCUT2D eigenvalue weighted by Gasteiger charge is -2.66. The summed E-state index contributed by atoms with van der Waals surface area (Å²) in [7, 11) is -6.55. The van der Waals surface area contributed by atoms with Gasteiger partial charge in [0, 0.05) is 23.6 Å². The molecule has 6 atom stereocenters. The standard InChI is InChI=1S/C20H27NO10S2/c1-21-6-5-19-15-11-3-4-12(9-22)16(15)31-17(19)18(23,10-32(25,26)27)8-14(33(28,29)30-2)20(19,24)13(21)7-11/h3-4,13-14,17,22-24H,5-10H2,1-2H3,(H,25,26,27)/t13?,14?,17-,18?,19?,20-/m0/s1. The van der Waals surface area contributed by atoms with Crippen molar-refractivity contribution in [2.24, 2.45) is 0 Å². The smallest absolute Gasteiger partial charge is 0.273 e. The van der Waals surface area contributed by atoms with Crippen molar-refractivity contribution in [2.45, 2.75) is 59.9 Å². The van der Waals surface area contributed by atoms with E-state index in [-0.39, 0.29) is 18.6 Å². The summed E-state index contributed by atoms with van der Waals surface area (Å²) in [5, 5.41) is 32.3. The van der Waals surface area contributed by atoms with Crippen LogP contribution in [-0.4, -0.2) is 96.7 Å². The van der Waals surface area contributed by atoms with Gasteiger partial charge in [-0.2, -0.15) is 16.8 Å². The predicted octanol–water partition coefficient (Wildman–Crippen LogP) is -1.46. The molecule has 0 amide bonds. The highest BCUT2D eigenvalue weighted by Crippen LogP contribution is 2.67. The van der Waals surface area contributed by atoms with Gasteiger partial charge in [-0.3, -0.25) is 8.74 Å². The van der Waals surface area contributed by atoms with E-state index in [1.807, 2.05) is 4.90 Å². The topological polar surface area (TPSA) is 171 Å². The van der Waals surface area contributed by atoms with Crippen LogP contribution in [0.5, 0.6) is 5.75 Å². The van der Waals surface area contributed by atoms with E-state index in [9.17, 15) is 36.7 Å². The van der Waals surface area contributed by atoms with E-state index in [0.29, 0.717) is 17.7 Å². The molecule has 11 nitrogen and oxygen atoms in total. The Morgan fingerprint density at radius 1 is 1.24 bits per heavy atom. The Kier molecular flexibility index (Phi) is 4.88. The van der Waals surface area contributed by atoms with Gasteiger partial charge in [0.05, 0.1) is 19.1 Å². The Labute approximate surface area is 191 Å². The van der Waals surface area contributed by atoms with Crippen molar-refractivity contribution >= 4 is 20.2 Å². The lowest BCUT2D eigenvalue weighted by atomic mass is 9.46. The minimum Gasteiger partial charge on any atom is -0.486 e. The summed E-state index contributed by atoms with van der Waals surface area (Å²) in [5.74, 6) is -0.970. The summed E-state index contributed by atoms with van der Waals surface area (Å²) in [6.45, 7) is 0.000469. The highest BCUT2D eigenvalue weighted by atomic mass is 32.2. The summed E-state index contributed by atoms with van der Waals surface area (Å²) in [5.41, 5.74) is -4.26. The Hall–Kier alpha value is -1.32. The van der Waals surface area contributed by atoms with Crippen LogP contribution >= 0.6 is 0 Å². The molecule has 2 aliphatic carbocycles. The molecule has 1 saturated heterocycles. The summed E-state index contributed by atoms with van der Waals surface area (Å²) in [4.78, 5) is 1.86. The molecule has 4 aliphatic rings. The van der Waals surface area contributed by atoms with E-state index < -0.39 is 73.0 Å².